The van der Waals surface area contributed by atoms with E-state index < -0.39 is 6.10 Å². The Kier molecular flexibility index (Phi) is 5.65. The first kappa shape index (κ1) is 15.9. The largest absolute Gasteiger partial charge is 0.490 e. The molecule has 0 aromatic heterocycles. The van der Waals surface area contributed by atoms with Crippen LogP contribution in [0.5, 0.6) is 11.5 Å². The SMILES string of the molecule is Cc1ccc([C@@H](C)O)c(OCCOc2cccc(Br)c2)c1. The lowest BCUT2D eigenvalue weighted by Crippen LogP contribution is -2.10. The molecular weight excluding hydrogens is 332 g/mol. The molecule has 4 heteroatoms. The molecule has 0 unspecified atom stereocenters. The van der Waals surface area contributed by atoms with E-state index in [1.807, 2.05) is 49.4 Å². The zero-order valence-electron chi connectivity index (χ0n) is 12.2. The van der Waals surface area contributed by atoms with E-state index in [0.717, 1.165) is 21.3 Å². The average molecular weight is 351 g/mol. The standard InChI is InChI=1S/C17H19BrO3/c1-12-6-7-16(13(2)19)17(10-12)21-9-8-20-15-5-3-4-14(18)11-15/h3-7,10-11,13,19H,8-9H2,1-2H3/t13-/m1/s1. The number of halogens is 1. The second kappa shape index (κ2) is 7.48. The summed E-state index contributed by atoms with van der Waals surface area (Å²) in [6.07, 6.45) is -0.549. The molecule has 0 bridgehead atoms. The highest BCUT2D eigenvalue weighted by atomic mass is 79.9. The van der Waals surface area contributed by atoms with Crippen molar-refractivity contribution in [3.63, 3.8) is 0 Å². The third-order valence-electron chi connectivity index (χ3n) is 3.02. The highest BCUT2D eigenvalue weighted by Crippen LogP contribution is 2.26. The molecule has 2 rings (SSSR count). The quantitative estimate of drug-likeness (QED) is 0.790. The van der Waals surface area contributed by atoms with Gasteiger partial charge in [0.2, 0.25) is 0 Å². The number of aliphatic hydroxyl groups excluding tert-OH is 1. The molecule has 0 aliphatic rings. The number of hydrogen-bond donors (Lipinski definition) is 1. The second-order valence-electron chi connectivity index (χ2n) is 4.87. The third kappa shape index (κ3) is 4.76. The first-order chi connectivity index (χ1) is 10.1. The summed E-state index contributed by atoms with van der Waals surface area (Å²) in [7, 11) is 0. The predicted octanol–water partition coefficient (Wildman–Crippen LogP) is 4.27. The van der Waals surface area contributed by atoms with Gasteiger partial charge in [-0.1, -0.05) is 34.1 Å². The van der Waals surface area contributed by atoms with Crippen molar-refractivity contribution in [1.82, 2.24) is 0 Å². The van der Waals surface area contributed by atoms with Crippen LogP contribution in [0.2, 0.25) is 0 Å². The van der Waals surface area contributed by atoms with E-state index in [2.05, 4.69) is 15.9 Å². The van der Waals surface area contributed by atoms with E-state index in [1.54, 1.807) is 6.92 Å². The number of ether oxygens (including phenoxy) is 2. The van der Waals surface area contributed by atoms with Crippen LogP contribution in [0.3, 0.4) is 0 Å². The number of aliphatic hydroxyl groups is 1. The molecule has 0 radical (unpaired) electrons. The van der Waals surface area contributed by atoms with Crippen LogP contribution in [-0.2, 0) is 0 Å². The summed E-state index contributed by atoms with van der Waals surface area (Å²) >= 11 is 3.40. The van der Waals surface area contributed by atoms with E-state index in [0.29, 0.717) is 19.0 Å². The summed E-state index contributed by atoms with van der Waals surface area (Å²) in [5.74, 6) is 1.51. The second-order valence-corrected chi connectivity index (χ2v) is 5.79. The molecule has 0 spiro atoms. The lowest BCUT2D eigenvalue weighted by Gasteiger charge is -2.14. The molecule has 1 atom stereocenters. The Labute approximate surface area is 133 Å². The zero-order chi connectivity index (χ0) is 15.2. The molecule has 0 saturated carbocycles. The summed E-state index contributed by atoms with van der Waals surface area (Å²) in [6.45, 7) is 4.60. The van der Waals surface area contributed by atoms with Gasteiger partial charge in [-0.05, 0) is 43.7 Å². The van der Waals surface area contributed by atoms with Gasteiger partial charge in [0, 0.05) is 10.0 Å². The molecular formula is C17H19BrO3. The molecule has 2 aromatic carbocycles. The molecule has 0 aliphatic carbocycles. The zero-order valence-corrected chi connectivity index (χ0v) is 13.8. The first-order valence-electron chi connectivity index (χ1n) is 6.86. The smallest absolute Gasteiger partial charge is 0.125 e. The monoisotopic (exact) mass is 350 g/mol. The number of aryl methyl sites for hydroxylation is 1. The summed E-state index contributed by atoms with van der Waals surface area (Å²) < 4.78 is 12.3. The van der Waals surface area contributed by atoms with Crippen LogP contribution in [0.1, 0.15) is 24.2 Å². The molecule has 112 valence electrons. The van der Waals surface area contributed by atoms with E-state index in [4.69, 9.17) is 9.47 Å². The fourth-order valence-corrected chi connectivity index (χ4v) is 2.36. The fourth-order valence-electron chi connectivity index (χ4n) is 1.98. The van der Waals surface area contributed by atoms with Gasteiger partial charge in [0.05, 0.1) is 6.10 Å². The average Bonchev–Trinajstić information content (AvgIpc) is 2.43. The van der Waals surface area contributed by atoms with Crippen LogP contribution in [0, 0.1) is 6.92 Å². The number of hydrogen-bond acceptors (Lipinski definition) is 3. The molecule has 0 heterocycles. The maximum atomic E-state index is 9.74. The fraction of sp³-hybridized carbons (Fsp3) is 0.294. The van der Waals surface area contributed by atoms with Crippen LogP contribution in [-0.4, -0.2) is 18.3 Å². The minimum atomic E-state index is -0.549. The van der Waals surface area contributed by atoms with Crippen molar-refractivity contribution in [3.05, 3.63) is 58.1 Å². The Bertz CT molecular complexity index is 596. The Balaban J connectivity index is 1.90. The van der Waals surface area contributed by atoms with Crippen molar-refractivity contribution in [2.45, 2.75) is 20.0 Å². The molecule has 0 fully saturated rings. The topological polar surface area (TPSA) is 38.7 Å². The van der Waals surface area contributed by atoms with Crippen molar-refractivity contribution >= 4 is 15.9 Å². The normalized spacial score (nSPS) is 12.0. The van der Waals surface area contributed by atoms with Gasteiger partial charge in [0.25, 0.3) is 0 Å². The summed E-state index contributed by atoms with van der Waals surface area (Å²) in [4.78, 5) is 0. The third-order valence-corrected chi connectivity index (χ3v) is 3.52. The van der Waals surface area contributed by atoms with E-state index in [1.165, 1.54) is 0 Å². The van der Waals surface area contributed by atoms with Crippen molar-refractivity contribution in [2.75, 3.05) is 13.2 Å². The lowest BCUT2D eigenvalue weighted by molar-refractivity contribution is 0.182. The van der Waals surface area contributed by atoms with Crippen LogP contribution >= 0.6 is 15.9 Å². The van der Waals surface area contributed by atoms with Gasteiger partial charge in [-0.25, -0.2) is 0 Å². The molecule has 3 nitrogen and oxygen atoms in total. The minimum Gasteiger partial charge on any atom is -0.490 e. The van der Waals surface area contributed by atoms with Gasteiger partial charge in [-0.2, -0.15) is 0 Å². The van der Waals surface area contributed by atoms with Gasteiger partial charge in [-0.15, -0.1) is 0 Å². The molecule has 2 aromatic rings. The number of rotatable bonds is 6. The maximum Gasteiger partial charge on any atom is 0.125 e. The van der Waals surface area contributed by atoms with Crippen molar-refractivity contribution in [1.29, 1.82) is 0 Å². The molecule has 1 N–H and O–H groups in total. The van der Waals surface area contributed by atoms with Crippen LogP contribution < -0.4 is 9.47 Å². The van der Waals surface area contributed by atoms with Crippen molar-refractivity contribution in [2.24, 2.45) is 0 Å². The first-order valence-corrected chi connectivity index (χ1v) is 7.65. The van der Waals surface area contributed by atoms with Crippen LogP contribution in [0.25, 0.3) is 0 Å². The van der Waals surface area contributed by atoms with Gasteiger partial charge in [0.1, 0.15) is 24.7 Å². The van der Waals surface area contributed by atoms with Gasteiger partial charge in [-0.3, -0.25) is 0 Å². The van der Waals surface area contributed by atoms with Crippen molar-refractivity contribution < 1.29 is 14.6 Å². The molecule has 0 saturated heterocycles. The van der Waals surface area contributed by atoms with Gasteiger partial charge < -0.3 is 14.6 Å². The van der Waals surface area contributed by atoms with Crippen LogP contribution in [0.15, 0.2) is 46.9 Å². The Morgan fingerprint density at radius 3 is 2.57 bits per heavy atom. The minimum absolute atomic E-state index is 0.426. The van der Waals surface area contributed by atoms with Crippen LogP contribution in [0.4, 0.5) is 0 Å². The lowest BCUT2D eigenvalue weighted by atomic mass is 10.1. The maximum absolute atomic E-state index is 9.74. The summed E-state index contributed by atoms with van der Waals surface area (Å²) in [6, 6.07) is 13.5. The van der Waals surface area contributed by atoms with E-state index in [-0.39, 0.29) is 0 Å². The summed E-state index contributed by atoms with van der Waals surface area (Å²) in [5.41, 5.74) is 1.89. The molecule has 21 heavy (non-hydrogen) atoms. The van der Waals surface area contributed by atoms with E-state index in [9.17, 15) is 5.11 Å². The highest BCUT2D eigenvalue weighted by Gasteiger charge is 2.09. The Morgan fingerprint density at radius 1 is 1.10 bits per heavy atom. The number of benzene rings is 2. The van der Waals surface area contributed by atoms with Crippen molar-refractivity contribution in [3.8, 4) is 11.5 Å². The highest BCUT2D eigenvalue weighted by molar-refractivity contribution is 9.10. The summed E-state index contributed by atoms with van der Waals surface area (Å²) in [5, 5.41) is 9.74. The predicted molar refractivity (Wildman–Crippen MR) is 86.9 cm³/mol. The molecule has 0 amide bonds. The van der Waals surface area contributed by atoms with Gasteiger partial charge in [0.15, 0.2) is 0 Å². The molecule has 0 aliphatic heterocycles. The Morgan fingerprint density at radius 2 is 1.86 bits per heavy atom. The van der Waals surface area contributed by atoms with E-state index >= 15 is 0 Å². The van der Waals surface area contributed by atoms with Gasteiger partial charge >= 0.3 is 0 Å². The Hall–Kier alpha value is -1.52.